The first-order valence-electron chi connectivity index (χ1n) is 9.61. The number of amides is 1. The summed E-state index contributed by atoms with van der Waals surface area (Å²) in [6, 6.07) is 20.8. The lowest BCUT2D eigenvalue weighted by Crippen LogP contribution is -2.12. The molecule has 0 bridgehead atoms. The Bertz CT molecular complexity index is 1240. The van der Waals surface area contributed by atoms with E-state index in [1.807, 2.05) is 24.3 Å². The largest absolute Gasteiger partial charge is 0.497 e. The number of rotatable bonds is 6. The van der Waals surface area contributed by atoms with Gasteiger partial charge in [0.05, 0.1) is 19.7 Å². The zero-order valence-corrected chi connectivity index (χ0v) is 17.1. The number of ether oxygens (including phenoxy) is 2. The standard InChI is InChI=1S/C25H20N2O4/c1-30-21-13-19(14-22(15-21)31-2)24(28)16-5-7-17(8-6-16)25(29)27-20-9-10-23-18(12-20)4-3-11-26-23/h3-15H,1-2H3,(H,27,29). The minimum atomic E-state index is -0.259. The monoisotopic (exact) mass is 412 g/mol. The van der Waals surface area contributed by atoms with Gasteiger partial charge in [0.25, 0.3) is 5.91 Å². The molecular formula is C25H20N2O4. The summed E-state index contributed by atoms with van der Waals surface area (Å²) in [5.41, 5.74) is 2.89. The Morgan fingerprint density at radius 3 is 2.13 bits per heavy atom. The summed E-state index contributed by atoms with van der Waals surface area (Å²) in [5, 5.41) is 3.82. The topological polar surface area (TPSA) is 77.5 Å². The predicted octanol–water partition coefficient (Wildman–Crippen LogP) is 4.74. The number of hydrogen-bond acceptors (Lipinski definition) is 5. The van der Waals surface area contributed by atoms with Gasteiger partial charge in [0.15, 0.2) is 5.78 Å². The second-order valence-electron chi connectivity index (χ2n) is 6.87. The van der Waals surface area contributed by atoms with Gasteiger partial charge in [0.1, 0.15) is 11.5 Å². The van der Waals surface area contributed by atoms with Crippen LogP contribution in [0.5, 0.6) is 11.5 Å². The molecule has 4 rings (SSSR count). The van der Waals surface area contributed by atoms with Crippen LogP contribution in [-0.2, 0) is 0 Å². The number of nitrogens with one attached hydrogen (secondary N) is 1. The van der Waals surface area contributed by atoms with E-state index in [2.05, 4.69) is 10.3 Å². The number of aromatic nitrogens is 1. The number of benzene rings is 3. The summed E-state index contributed by atoms with van der Waals surface area (Å²) >= 11 is 0. The van der Waals surface area contributed by atoms with Gasteiger partial charge >= 0.3 is 0 Å². The molecule has 0 aliphatic heterocycles. The summed E-state index contributed by atoms with van der Waals surface area (Å²) in [6.45, 7) is 0. The number of carbonyl (C=O) groups excluding carboxylic acids is 2. The average molecular weight is 412 g/mol. The van der Waals surface area contributed by atoms with E-state index in [4.69, 9.17) is 9.47 Å². The quantitative estimate of drug-likeness (QED) is 0.463. The molecule has 0 atom stereocenters. The first-order chi connectivity index (χ1) is 15.1. The lowest BCUT2D eigenvalue weighted by atomic mass is 10.0. The molecule has 0 radical (unpaired) electrons. The van der Waals surface area contributed by atoms with Gasteiger partial charge in [-0.1, -0.05) is 18.2 Å². The van der Waals surface area contributed by atoms with E-state index >= 15 is 0 Å². The van der Waals surface area contributed by atoms with Crippen LogP contribution in [0.1, 0.15) is 26.3 Å². The van der Waals surface area contributed by atoms with Crippen molar-refractivity contribution in [1.82, 2.24) is 4.98 Å². The zero-order valence-electron chi connectivity index (χ0n) is 17.1. The summed E-state index contributed by atoms with van der Waals surface area (Å²) in [7, 11) is 3.06. The highest BCUT2D eigenvalue weighted by Crippen LogP contribution is 2.24. The van der Waals surface area contributed by atoms with Gasteiger partial charge in [-0.2, -0.15) is 0 Å². The Kier molecular flexibility index (Phi) is 5.62. The highest BCUT2D eigenvalue weighted by atomic mass is 16.5. The van der Waals surface area contributed by atoms with E-state index in [1.165, 1.54) is 14.2 Å². The van der Waals surface area contributed by atoms with Crippen LogP contribution in [0, 0.1) is 0 Å². The maximum absolute atomic E-state index is 12.9. The van der Waals surface area contributed by atoms with E-state index in [0.29, 0.717) is 33.9 Å². The maximum Gasteiger partial charge on any atom is 0.255 e. The van der Waals surface area contributed by atoms with Crippen molar-refractivity contribution in [3.05, 3.63) is 95.7 Å². The van der Waals surface area contributed by atoms with Crippen LogP contribution in [0.25, 0.3) is 10.9 Å². The van der Waals surface area contributed by atoms with E-state index < -0.39 is 0 Å². The highest BCUT2D eigenvalue weighted by molar-refractivity contribution is 6.10. The third-order valence-electron chi connectivity index (χ3n) is 4.88. The minimum Gasteiger partial charge on any atom is -0.497 e. The Balaban J connectivity index is 1.52. The fourth-order valence-electron chi connectivity index (χ4n) is 3.23. The van der Waals surface area contributed by atoms with Gasteiger partial charge in [-0.3, -0.25) is 14.6 Å². The molecule has 0 unspecified atom stereocenters. The van der Waals surface area contributed by atoms with Gasteiger partial charge in [-0.05, 0) is 48.5 Å². The molecule has 0 fully saturated rings. The van der Waals surface area contributed by atoms with E-state index in [0.717, 1.165) is 10.9 Å². The molecule has 0 aliphatic rings. The molecule has 0 saturated heterocycles. The van der Waals surface area contributed by atoms with Crippen LogP contribution in [0.2, 0.25) is 0 Å². The van der Waals surface area contributed by atoms with Crippen molar-refractivity contribution in [2.45, 2.75) is 0 Å². The smallest absolute Gasteiger partial charge is 0.255 e. The van der Waals surface area contributed by atoms with Crippen molar-refractivity contribution >= 4 is 28.3 Å². The number of ketones is 1. The molecule has 1 heterocycles. The van der Waals surface area contributed by atoms with Gasteiger partial charge in [0, 0.05) is 40.0 Å². The normalized spacial score (nSPS) is 10.5. The van der Waals surface area contributed by atoms with Gasteiger partial charge < -0.3 is 14.8 Å². The average Bonchev–Trinajstić information content (AvgIpc) is 2.83. The van der Waals surface area contributed by atoms with Crippen molar-refractivity contribution in [2.24, 2.45) is 0 Å². The molecule has 0 aliphatic carbocycles. The summed E-state index contributed by atoms with van der Waals surface area (Å²) in [5.74, 6) is 0.616. The Morgan fingerprint density at radius 1 is 0.774 bits per heavy atom. The summed E-state index contributed by atoms with van der Waals surface area (Å²) < 4.78 is 10.5. The van der Waals surface area contributed by atoms with E-state index in [1.54, 1.807) is 54.7 Å². The molecule has 1 N–H and O–H groups in total. The van der Waals surface area contributed by atoms with Crippen molar-refractivity contribution < 1.29 is 19.1 Å². The number of pyridine rings is 1. The third kappa shape index (κ3) is 4.38. The van der Waals surface area contributed by atoms with Crippen LogP contribution < -0.4 is 14.8 Å². The second kappa shape index (κ2) is 8.67. The Morgan fingerprint density at radius 2 is 1.45 bits per heavy atom. The van der Waals surface area contributed by atoms with Crippen molar-refractivity contribution in [1.29, 1.82) is 0 Å². The lowest BCUT2D eigenvalue weighted by molar-refractivity contribution is 0.102. The predicted molar refractivity (Wildman–Crippen MR) is 119 cm³/mol. The number of nitrogens with zero attached hydrogens (tertiary/aromatic N) is 1. The molecule has 6 nitrogen and oxygen atoms in total. The molecule has 3 aromatic carbocycles. The molecule has 0 spiro atoms. The lowest BCUT2D eigenvalue weighted by Gasteiger charge is -2.09. The van der Waals surface area contributed by atoms with Crippen molar-refractivity contribution in [2.75, 3.05) is 19.5 Å². The number of hydrogen-bond donors (Lipinski definition) is 1. The van der Waals surface area contributed by atoms with Crippen molar-refractivity contribution in [3.63, 3.8) is 0 Å². The third-order valence-corrected chi connectivity index (χ3v) is 4.88. The Labute approximate surface area is 179 Å². The van der Waals surface area contributed by atoms with E-state index in [-0.39, 0.29) is 11.7 Å². The Hall–Kier alpha value is -4.19. The molecule has 154 valence electrons. The molecule has 4 aromatic rings. The van der Waals surface area contributed by atoms with Crippen LogP contribution in [-0.4, -0.2) is 30.9 Å². The SMILES string of the molecule is COc1cc(OC)cc(C(=O)c2ccc(C(=O)Nc3ccc4ncccc4c3)cc2)c1. The molecular weight excluding hydrogens is 392 g/mol. The molecule has 1 aromatic heterocycles. The number of anilines is 1. The van der Waals surface area contributed by atoms with Crippen LogP contribution in [0.3, 0.4) is 0 Å². The van der Waals surface area contributed by atoms with Gasteiger partial charge in [-0.25, -0.2) is 0 Å². The highest BCUT2D eigenvalue weighted by Gasteiger charge is 2.14. The summed E-state index contributed by atoms with van der Waals surface area (Å²) in [4.78, 5) is 29.8. The molecule has 6 heteroatoms. The molecule has 31 heavy (non-hydrogen) atoms. The van der Waals surface area contributed by atoms with Crippen LogP contribution >= 0.6 is 0 Å². The van der Waals surface area contributed by atoms with E-state index in [9.17, 15) is 9.59 Å². The van der Waals surface area contributed by atoms with Crippen molar-refractivity contribution in [3.8, 4) is 11.5 Å². The first-order valence-corrected chi connectivity index (χ1v) is 9.61. The van der Waals surface area contributed by atoms with Gasteiger partial charge in [-0.15, -0.1) is 0 Å². The number of fused-ring (bicyclic) bond motifs is 1. The molecule has 0 saturated carbocycles. The first kappa shape index (κ1) is 20.1. The minimum absolute atomic E-state index is 0.189. The second-order valence-corrected chi connectivity index (χ2v) is 6.87. The fraction of sp³-hybridized carbons (Fsp3) is 0.0800. The zero-order chi connectivity index (χ0) is 21.8. The fourth-order valence-corrected chi connectivity index (χ4v) is 3.23. The van der Waals surface area contributed by atoms with Crippen LogP contribution in [0.15, 0.2) is 79.0 Å². The number of carbonyl (C=O) groups is 2. The number of methoxy groups -OCH3 is 2. The maximum atomic E-state index is 12.9. The summed E-state index contributed by atoms with van der Waals surface area (Å²) in [6.07, 6.45) is 1.73. The molecule has 1 amide bonds. The van der Waals surface area contributed by atoms with Gasteiger partial charge in [0.2, 0.25) is 0 Å². The van der Waals surface area contributed by atoms with Crippen LogP contribution in [0.4, 0.5) is 5.69 Å².